The van der Waals surface area contributed by atoms with Crippen LogP contribution in [0, 0.1) is 11.3 Å². The molecule has 1 unspecified atom stereocenters. The van der Waals surface area contributed by atoms with E-state index in [0.29, 0.717) is 0 Å². The van der Waals surface area contributed by atoms with Crippen molar-refractivity contribution in [3.05, 3.63) is 0 Å². The molecule has 8 heteroatoms. The third-order valence-electron chi connectivity index (χ3n) is 1.82. The van der Waals surface area contributed by atoms with Gasteiger partial charge in [0.15, 0.2) is 5.75 Å². The van der Waals surface area contributed by atoms with E-state index in [2.05, 4.69) is 4.72 Å². The molecule has 15 heavy (non-hydrogen) atoms. The number of sulfonamides is 1. The standard InChI is InChI=1S/C7H9N3O4S/c8-3-4-15(13,14)10-5-1-2-6(11)9-7(5)12/h5,10H,1-2,4H2,(H,9,11,12). The Labute approximate surface area is 86.5 Å². The predicted octanol–water partition coefficient (Wildman–Crippen LogP) is -1.77. The van der Waals surface area contributed by atoms with E-state index in [1.807, 2.05) is 5.32 Å². The van der Waals surface area contributed by atoms with E-state index < -0.39 is 33.6 Å². The predicted molar refractivity (Wildman–Crippen MR) is 48.7 cm³/mol. The van der Waals surface area contributed by atoms with Gasteiger partial charge in [-0.2, -0.15) is 5.26 Å². The van der Waals surface area contributed by atoms with Crippen molar-refractivity contribution in [2.75, 3.05) is 5.75 Å². The summed E-state index contributed by atoms with van der Waals surface area (Å²) in [5.74, 6) is -1.80. The summed E-state index contributed by atoms with van der Waals surface area (Å²) in [7, 11) is -3.76. The van der Waals surface area contributed by atoms with E-state index in [9.17, 15) is 18.0 Å². The van der Waals surface area contributed by atoms with E-state index in [1.165, 1.54) is 6.07 Å². The quantitative estimate of drug-likeness (QED) is 0.558. The number of nitrogens with one attached hydrogen (secondary N) is 2. The van der Waals surface area contributed by atoms with Crippen molar-refractivity contribution in [1.82, 2.24) is 10.0 Å². The first-order chi connectivity index (χ1) is 6.94. The molecule has 1 heterocycles. The first-order valence-corrected chi connectivity index (χ1v) is 5.80. The molecule has 82 valence electrons. The molecule has 1 aliphatic heterocycles. The second kappa shape index (κ2) is 4.37. The fourth-order valence-electron chi connectivity index (χ4n) is 1.15. The molecular formula is C7H9N3O4S. The number of imide groups is 1. The first-order valence-electron chi connectivity index (χ1n) is 4.15. The van der Waals surface area contributed by atoms with Gasteiger partial charge in [-0.3, -0.25) is 14.9 Å². The van der Waals surface area contributed by atoms with Gasteiger partial charge in [-0.15, -0.1) is 0 Å². The second-order valence-electron chi connectivity index (χ2n) is 3.04. The number of carbonyl (C=O) groups excluding carboxylic acids is 2. The maximum atomic E-state index is 11.1. The molecule has 0 bridgehead atoms. The molecule has 0 aromatic rings. The van der Waals surface area contributed by atoms with E-state index in [4.69, 9.17) is 5.26 Å². The Morgan fingerprint density at radius 1 is 1.53 bits per heavy atom. The largest absolute Gasteiger partial charge is 0.295 e. The summed E-state index contributed by atoms with van der Waals surface area (Å²) in [5.41, 5.74) is 0. The number of amides is 2. The summed E-state index contributed by atoms with van der Waals surface area (Å²) in [6.07, 6.45) is 0.209. The third-order valence-corrected chi connectivity index (χ3v) is 2.97. The van der Waals surface area contributed by atoms with Gasteiger partial charge in [0, 0.05) is 6.42 Å². The Morgan fingerprint density at radius 3 is 2.73 bits per heavy atom. The maximum Gasteiger partial charge on any atom is 0.244 e. The molecule has 1 saturated heterocycles. The summed E-state index contributed by atoms with van der Waals surface area (Å²) in [4.78, 5) is 21.9. The minimum Gasteiger partial charge on any atom is -0.295 e. The van der Waals surface area contributed by atoms with Gasteiger partial charge in [0.25, 0.3) is 0 Å². The number of hydrogen-bond acceptors (Lipinski definition) is 5. The van der Waals surface area contributed by atoms with Gasteiger partial charge >= 0.3 is 0 Å². The molecule has 1 aliphatic rings. The fourth-order valence-corrected chi connectivity index (χ4v) is 2.06. The average molecular weight is 231 g/mol. The maximum absolute atomic E-state index is 11.1. The number of nitriles is 1. The zero-order valence-electron chi connectivity index (χ0n) is 7.69. The number of nitrogens with zero attached hydrogens (tertiary/aromatic N) is 1. The van der Waals surface area contributed by atoms with Crippen LogP contribution in [0.1, 0.15) is 12.8 Å². The molecule has 0 aromatic carbocycles. The van der Waals surface area contributed by atoms with Gasteiger partial charge in [0.2, 0.25) is 21.8 Å². The topological polar surface area (TPSA) is 116 Å². The van der Waals surface area contributed by atoms with Crippen molar-refractivity contribution in [2.24, 2.45) is 0 Å². The summed E-state index contributed by atoms with van der Waals surface area (Å²) in [6.45, 7) is 0. The SMILES string of the molecule is N#CCS(=O)(=O)NC1CCC(=O)NC1=O. The minimum absolute atomic E-state index is 0.0888. The number of piperidine rings is 1. The molecule has 2 N–H and O–H groups in total. The Morgan fingerprint density at radius 2 is 2.20 bits per heavy atom. The lowest BCUT2D eigenvalue weighted by atomic mass is 10.1. The molecule has 0 aromatic heterocycles. The fraction of sp³-hybridized carbons (Fsp3) is 0.571. The lowest BCUT2D eigenvalue weighted by Crippen LogP contribution is -2.52. The molecular weight excluding hydrogens is 222 g/mol. The molecule has 1 atom stereocenters. The van der Waals surface area contributed by atoms with E-state index in [1.54, 1.807) is 0 Å². The van der Waals surface area contributed by atoms with Crippen LogP contribution in [0.15, 0.2) is 0 Å². The van der Waals surface area contributed by atoms with Gasteiger partial charge in [-0.1, -0.05) is 0 Å². The van der Waals surface area contributed by atoms with Crippen molar-refractivity contribution in [2.45, 2.75) is 18.9 Å². The number of rotatable bonds is 3. The highest BCUT2D eigenvalue weighted by molar-refractivity contribution is 7.89. The van der Waals surface area contributed by atoms with Crippen LogP contribution in [0.4, 0.5) is 0 Å². The van der Waals surface area contributed by atoms with Crippen LogP contribution in [-0.4, -0.2) is 32.0 Å². The lowest BCUT2D eigenvalue weighted by Gasteiger charge is -2.20. The Kier molecular flexibility index (Phi) is 3.39. The minimum atomic E-state index is -3.76. The second-order valence-corrected chi connectivity index (χ2v) is 4.79. The third kappa shape index (κ3) is 3.30. The van der Waals surface area contributed by atoms with Crippen LogP contribution in [0.2, 0.25) is 0 Å². The van der Waals surface area contributed by atoms with Crippen LogP contribution < -0.4 is 10.0 Å². The summed E-state index contributed by atoms with van der Waals surface area (Å²) < 4.78 is 24.3. The van der Waals surface area contributed by atoms with Crippen molar-refractivity contribution in [3.8, 4) is 6.07 Å². The van der Waals surface area contributed by atoms with Crippen LogP contribution in [-0.2, 0) is 19.6 Å². The molecule has 0 spiro atoms. The van der Waals surface area contributed by atoms with Crippen molar-refractivity contribution in [3.63, 3.8) is 0 Å². The summed E-state index contributed by atoms with van der Waals surface area (Å²) in [6, 6.07) is 0.515. The molecule has 0 saturated carbocycles. The Hall–Kier alpha value is -1.46. The molecule has 0 radical (unpaired) electrons. The van der Waals surface area contributed by atoms with Crippen molar-refractivity contribution in [1.29, 1.82) is 5.26 Å². The van der Waals surface area contributed by atoms with Gasteiger partial charge in [-0.25, -0.2) is 13.1 Å². The zero-order chi connectivity index (χ0) is 11.5. The number of hydrogen-bond donors (Lipinski definition) is 2. The van der Waals surface area contributed by atoms with Crippen molar-refractivity contribution < 1.29 is 18.0 Å². The first kappa shape index (κ1) is 11.6. The normalized spacial score (nSPS) is 21.9. The van der Waals surface area contributed by atoms with E-state index in [-0.39, 0.29) is 12.8 Å². The summed E-state index contributed by atoms with van der Waals surface area (Å²) >= 11 is 0. The molecule has 1 fully saturated rings. The Bertz CT molecular complexity index is 422. The highest BCUT2D eigenvalue weighted by Crippen LogP contribution is 2.05. The van der Waals surface area contributed by atoms with E-state index in [0.717, 1.165) is 0 Å². The van der Waals surface area contributed by atoms with Crippen molar-refractivity contribution >= 4 is 21.8 Å². The molecule has 7 nitrogen and oxygen atoms in total. The van der Waals surface area contributed by atoms with Gasteiger partial charge in [0.1, 0.15) is 6.04 Å². The smallest absolute Gasteiger partial charge is 0.244 e. The zero-order valence-corrected chi connectivity index (χ0v) is 8.50. The highest BCUT2D eigenvalue weighted by Gasteiger charge is 2.29. The lowest BCUT2D eigenvalue weighted by molar-refractivity contribution is -0.134. The molecule has 0 aliphatic carbocycles. The molecule has 1 rings (SSSR count). The van der Waals surface area contributed by atoms with Crippen LogP contribution in [0.25, 0.3) is 0 Å². The monoisotopic (exact) mass is 231 g/mol. The average Bonchev–Trinajstić information content (AvgIpc) is 2.09. The highest BCUT2D eigenvalue weighted by atomic mass is 32.2. The van der Waals surface area contributed by atoms with Gasteiger partial charge in [0.05, 0.1) is 6.07 Å². The van der Waals surface area contributed by atoms with Gasteiger partial charge < -0.3 is 0 Å². The Balaban J connectivity index is 2.64. The van der Waals surface area contributed by atoms with Crippen LogP contribution >= 0.6 is 0 Å². The van der Waals surface area contributed by atoms with E-state index >= 15 is 0 Å². The number of carbonyl (C=O) groups is 2. The summed E-state index contributed by atoms with van der Waals surface area (Å²) in [5, 5.41) is 10.2. The van der Waals surface area contributed by atoms with Crippen LogP contribution in [0.5, 0.6) is 0 Å². The van der Waals surface area contributed by atoms with Gasteiger partial charge in [-0.05, 0) is 6.42 Å². The molecule has 2 amide bonds. The van der Waals surface area contributed by atoms with Crippen LogP contribution in [0.3, 0.4) is 0 Å².